The number of aliphatic carboxylic acids is 1. The van der Waals surface area contributed by atoms with Crippen LogP contribution in [0.1, 0.15) is 6.42 Å². The Hall–Kier alpha value is -0.750. The molecule has 0 saturated carbocycles. The minimum Gasteiger partial charge on any atom is -0.477 e. The predicted molar refractivity (Wildman–Crippen MR) is 46.5 cm³/mol. The minimum atomic E-state index is -3.67. The van der Waals surface area contributed by atoms with Crippen molar-refractivity contribution in [2.45, 2.75) is 18.4 Å². The zero-order valence-electron chi connectivity index (χ0n) is 7.96. The Kier molecular flexibility index (Phi) is 3.38. The number of alkyl halides is 2. The molecule has 0 spiro atoms. The Morgan fingerprint density at radius 2 is 2.36 bits per heavy atom. The van der Waals surface area contributed by atoms with Gasteiger partial charge in [-0.05, 0) is 20.0 Å². The third-order valence-electron chi connectivity index (χ3n) is 2.32. The number of carboxylic acid groups (broad SMARTS) is 1. The van der Waals surface area contributed by atoms with Crippen LogP contribution in [0, 0.1) is 0 Å². The van der Waals surface area contributed by atoms with Crippen molar-refractivity contribution in [1.82, 2.24) is 10.2 Å². The summed E-state index contributed by atoms with van der Waals surface area (Å²) >= 11 is 0. The molecule has 1 aliphatic heterocycles. The van der Waals surface area contributed by atoms with Crippen LogP contribution >= 0.6 is 0 Å². The first-order valence-corrected chi connectivity index (χ1v) is 4.45. The van der Waals surface area contributed by atoms with Crippen LogP contribution in [0.25, 0.3) is 0 Å². The number of hydrogen-bond acceptors (Lipinski definition) is 3. The van der Waals surface area contributed by atoms with Crippen LogP contribution in [0.5, 0.6) is 0 Å². The van der Waals surface area contributed by atoms with E-state index >= 15 is 0 Å². The number of carboxylic acids is 1. The molecular formula is C8H14F2N2O2. The highest BCUT2D eigenvalue weighted by Crippen LogP contribution is 2.13. The average molecular weight is 208 g/mol. The SMILES string of the molecule is CN1CCC(NCC(F)(F)C(=O)O)C1. The number of halogens is 2. The second kappa shape index (κ2) is 4.18. The van der Waals surface area contributed by atoms with Crippen LogP contribution < -0.4 is 5.32 Å². The molecule has 0 radical (unpaired) electrons. The minimum absolute atomic E-state index is 0.0229. The van der Waals surface area contributed by atoms with Gasteiger partial charge in [0.2, 0.25) is 0 Å². The summed E-state index contributed by atoms with van der Waals surface area (Å²) in [5.74, 6) is -5.74. The van der Waals surface area contributed by atoms with Crippen molar-refractivity contribution in [3.05, 3.63) is 0 Å². The first kappa shape index (κ1) is 11.3. The molecule has 2 N–H and O–H groups in total. The fraction of sp³-hybridized carbons (Fsp3) is 0.875. The first-order valence-electron chi connectivity index (χ1n) is 4.45. The van der Waals surface area contributed by atoms with Crippen molar-refractivity contribution < 1.29 is 18.7 Å². The molecule has 0 aromatic heterocycles. The molecular weight excluding hydrogens is 194 g/mol. The highest BCUT2D eigenvalue weighted by Gasteiger charge is 2.39. The van der Waals surface area contributed by atoms with Crippen molar-refractivity contribution in [3.8, 4) is 0 Å². The molecule has 0 aromatic rings. The first-order chi connectivity index (χ1) is 6.42. The van der Waals surface area contributed by atoms with Gasteiger partial charge in [0.05, 0.1) is 6.54 Å². The van der Waals surface area contributed by atoms with Crippen LogP contribution in [0.4, 0.5) is 8.78 Å². The van der Waals surface area contributed by atoms with Gasteiger partial charge in [-0.15, -0.1) is 0 Å². The van der Waals surface area contributed by atoms with E-state index in [1.54, 1.807) is 0 Å². The lowest BCUT2D eigenvalue weighted by atomic mass is 10.2. The predicted octanol–water partition coefficient (Wildman–Crippen LogP) is -0.000000000000000500. The topological polar surface area (TPSA) is 52.6 Å². The number of nitrogens with zero attached hydrogens (tertiary/aromatic N) is 1. The molecule has 14 heavy (non-hydrogen) atoms. The highest BCUT2D eigenvalue weighted by molar-refractivity contribution is 5.75. The Balaban J connectivity index is 2.30. The molecule has 1 atom stereocenters. The lowest BCUT2D eigenvalue weighted by Crippen LogP contribution is -2.44. The monoisotopic (exact) mass is 208 g/mol. The second-order valence-corrected chi connectivity index (χ2v) is 3.64. The summed E-state index contributed by atoms with van der Waals surface area (Å²) in [6.07, 6.45) is 0.784. The summed E-state index contributed by atoms with van der Waals surface area (Å²) in [5, 5.41) is 10.7. The quantitative estimate of drug-likeness (QED) is 0.682. The normalized spacial score (nSPS) is 24.1. The van der Waals surface area contributed by atoms with Crippen LogP contribution in [0.2, 0.25) is 0 Å². The second-order valence-electron chi connectivity index (χ2n) is 3.64. The van der Waals surface area contributed by atoms with E-state index in [9.17, 15) is 13.6 Å². The molecule has 1 saturated heterocycles. The molecule has 0 amide bonds. The van der Waals surface area contributed by atoms with Gasteiger partial charge in [-0.3, -0.25) is 0 Å². The van der Waals surface area contributed by atoms with Crippen LogP contribution in [-0.4, -0.2) is 54.6 Å². The number of carbonyl (C=O) groups is 1. The summed E-state index contributed by atoms with van der Waals surface area (Å²) in [4.78, 5) is 12.1. The van der Waals surface area contributed by atoms with Gasteiger partial charge in [0.25, 0.3) is 0 Å². The van der Waals surface area contributed by atoms with Crippen molar-refractivity contribution >= 4 is 5.97 Å². The highest BCUT2D eigenvalue weighted by atomic mass is 19.3. The smallest absolute Gasteiger partial charge is 0.375 e. The largest absolute Gasteiger partial charge is 0.477 e. The van der Waals surface area contributed by atoms with E-state index in [-0.39, 0.29) is 6.04 Å². The molecule has 0 bridgehead atoms. The molecule has 0 aliphatic carbocycles. The third kappa shape index (κ3) is 2.88. The fourth-order valence-corrected chi connectivity index (χ4v) is 1.45. The van der Waals surface area contributed by atoms with Gasteiger partial charge in [0.15, 0.2) is 0 Å². The van der Waals surface area contributed by atoms with Gasteiger partial charge in [0, 0.05) is 12.6 Å². The van der Waals surface area contributed by atoms with Crippen LogP contribution in [0.15, 0.2) is 0 Å². The summed E-state index contributed by atoms with van der Waals surface area (Å²) in [5.41, 5.74) is 0. The maximum absolute atomic E-state index is 12.6. The van der Waals surface area contributed by atoms with Crippen molar-refractivity contribution in [2.24, 2.45) is 0 Å². The third-order valence-corrected chi connectivity index (χ3v) is 2.32. The van der Waals surface area contributed by atoms with E-state index < -0.39 is 18.4 Å². The van der Waals surface area contributed by atoms with E-state index in [1.807, 2.05) is 11.9 Å². The summed E-state index contributed by atoms with van der Waals surface area (Å²) < 4.78 is 25.2. The summed E-state index contributed by atoms with van der Waals surface area (Å²) in [6.45, 7) is 0.757. The average Bonchev–Trinajstić information content (AvgIpc) is 2.48. The molecule has 1 aliphatic rings. The molecule has 1 unspecified atom stereocenters. The van der Waals surface area contributed by atoms with Crippen molar-refractivity contribution in [3.63, 3.8) is 0 Å². The number of nitrogens with one attached hydrogen (secondary N) is 1. The summed E-state index contributed by atoms with van der Waals surface area (Å²) in [7, 11) is 1.90. The zero-order chi connectivity index (χ0) is 10.8. The van der Waals surface area contributed by atoms with E-state index in [1.165, 1.54) is 0 Å². The standard InChI is InChI=1S/C8H14F2N2O2/c1-12-3-2-6(4-12)11-5-8(9,10)7(13)14/h6,11H,2-5H2,1H3,(H,13,14). The Morgan fingerprint density at radius 3 is 2.79 bits per heavy atom. The van der Waals surface area contributed by atoms with E-state index in [0.717, 1.165) is 13.0 Å². The van der Waals surface area contributed by atoms with Crippen molar-refractivity contribution in [2.75, 3.05) is 26.7 Å². The van der Waals surface area contributed by atoms with E-state index in [4.69, 9.17) is 5.11 Å². The fourth-order valence-electron chi connectivity index (χ4n) is 1.45. The van der Waals surface area contributed by atoms with Gasteiger partial charge in [-0.25, -0.2) is 4.79 Å². The number of hydrogen-bond donors (Lipinski definition) is 2. The van der Waals surface area contributed by atoms with Gasteiger partial charge >= 0.3 is 11.9 Å². The zero-order valence-corrected chi connectivity index (χ0v) is 7.96. The maximum atomic E-state index is 12.6. The van der Waals surface area contributed by atoms with Crippen LogP contribution in [0.3, 0.4) is 0 Å². The molecule has 1 fully saturated rings. The number of rotatable bonds is 4. The van der Waals surface area contributed by atoms with Gasteiger partial charge < -0.3 is 15.3 Å². The molecule has 0 aromatic carbocycles. The van der Waals surface area contributed by atoms with Gasteiger partial charge in [-0.2, -0.15) is 8.78 Å². The summed E-state index contributed by atoms with van der Waals surface area (Å²) in [6, 6.07) is -0.0229. The molecule has 4 nitrogen and oxygen atoms in total. The number of likely N-dealkylation sites (N-methyl/N-ethyl adjacent to an activating group) is 1. The maximum Gasteiger partial charge on any atom is 0.375 e. The Labute approximate surface area is 80.9 Å². The van der Waals surface area contributed by atoms with Gasteiger partial charge in [0.1, 0.15) is 0 Å². The van der Waals surface area contributed by atoms with Gasteiger partial charge in [-0.1, -0.05) is 0 Å². The van der Waals surface area contributed by atoms with E-state index in [0.29, 0.717) is 6.54 Å². The Morgan fingerprint density at radius 1 is 1.71 bits per heavy atom. The molecule has 1 heterocycles. The van der Waals surface area contributed by atoms with Crippen molar-refractivity contribution in [1.29, 1.82) is 0 Å². The molecule has 82 valence electrons. The molecule has 1 rings (SSSR count). The number of likely N-dealkylation sites (tertiary alicyclic amines) is 1. The van der Waals surface area contributed by atoms with E-state index in [2.05, 4.69) is 5.32 Å². The lowest BCUT2D eigenvalue weighted by Gasteiger charge is -2.16. The van der Waals surface area contributed by atoms with Crippen LogP contribution in [-0.2, 0) is 4.79 Å². The lowest BCUT2D eigenvalue weighted by molar-refractivity contribution is -0.164. The molecule has 6 heteroatoms. The Bertz CT molecular complexity index is 223.